The van der Waals surface area contributed by atoms with Gasteiger partial charge in [-0.1, -0.05) is 29.4 Å². The second kappa shape index (κ2) is 13.9. The molecule has 1 atom stereocenters. The number of oxime groups is 1. The Kier molecular flexibility index (Phi) is 10.4. The van der Waals surface area contributed by atoms with E-state index in [0.29, 0.717) is 49.1 Å². The number of benzene rings is 2. The van der Waals surface area contributed by atoms with Crippen LogP contribution < -0.4 is 4.74 Å². The van der Waals surface area contributed by atoms with Crippen molar-refractivity contribution in [3.8, 4) is 17.1 Å². The highest BCUT2D eigenvalue weighted by Crippen LogP contribution is 2.18. The van der Waals surface area contributed by atoms with Crippen LogP contribution in [0.15, 0.2) is 58.2 Å². The van der Waals surface area contributed by atoms with Crippen molar-refractivity contribution in [1.82, 2.24) is 10.1 Å². The number of hydrogen-bond donors (Lipinski definition) is 0. The third-order valence-corrected chi connectivity index (χ3v) is 4.88. The van der Waals surface area contributed by atoms with Crippen molar-refractivity contribution in [3.05, 3.63) is 65.8 Å². The number of ether oxygens (including phenoxy) is 3. The number of esters is 1. The van der Waals surface area contributed by atoms with E-state index < -0.39 is 6.10 Å². The summed E-state index contributed by atoms with van der Waals surface area (Å²) in [5, 5.41) is 8.05. The lowest BCUT2D eigenvalue weighted by Crippen LogP contribution is -2.28. The number of aromatic nitrogens is 2. The standard InChI is InChI=1S/C26H30FN3O6/c1-4-15-35-29-22(25-28-24(30-36-25)19-9-11-20(27)12-10-19)17-34-21-13-7-18(8-14-21)16-23(32-5-2)26(31)33-6-3/h7-14,23H,4-6,15-17H2,1-3H3/b29-22+. The van der Waals surface area contributed by atoms with E-state index in [9.17, 15) is 9.18 Å². The van der Waals surface area contributed by atoms with Crippen LogP contribution in [0.25, 0.3) is 11.4 Å². The zero-order valence-corrected chi connectivity index (χ0v) is 20.6. The highest BCUT2D eigenvalue weighted by atomic mass is 19.1. The zero-order valence-electron chi connectivity index (χ0n) is 20.6. The summed E-state index contributed by atoms with van der Waals surface area (Å²) in [6.45, 7) is 6.69. The molecule has 0 bridgehead atoms. The highest BCUT2D eigenvalue weighted by molar-refractivity contribution is 5.97. The minimum Gasteiger partial charge on any atom is -0.487 e. The van der Waals surface area contributed by atoms with E-state index in [1.54, 1.807) is 31.2 Å². The number of rotatable bonds is 14. The first kappa shape index (κ1) is 26.8. The van der Waals surface area contributed by atoms with E-state index >= 15 is 0 Å². The second-order valence-corrected chi connectivity index (χ2v) is 7.63. The first-order chi connectivity index (χ1) is 17.5. The molecule has 0 saturated carbocycles. The fraction of sp³-hybridized carbons (Fsp3) is 0.385. The average molecular weight is 500 g/mol. The van der Waals surface area contributed by atoms with Gasteiger partial charge in [0.25, 0.3) is 5.89 Å². The SMILES string of the molecule is CCCO/N=C(\COc1ccc(CC(OCC)C(=O)OCC)cc1)c1nc(-c2ccc(F)cc2)no1. The van der Waals surface area contributed by atoms with Crippen LogP contribution in [-0.2, 0) is 25.5 Å². The summed E-state index contributed by atoms with van der Waals surface area (Å²) in [5.41, 5.74) is 1.81. The summed E-state index contributed by atoms with van der Waals surface area (Å²) in [6, 6.07) is 13.0. The van der Waals surface area contributed by atoms with E-state index in [2.05, 4.69) is 15.3 Å². The maximum Gasteiger partial charge on any atom is 0.335 e. The Morgan fingerprint density at radius 3 is 2.47 bits per heavy atom. The molecule has 0 amide bonds. The Balaban J connectivity index is 1.67. The summed E-state index contributed by atoms with van der Waals surface area (Å²) < 4.78 is 35.0. The molecule has 0 spiro atoms. The molecule has 1 aromatic heterocycles. The molecule has 0 aliphatic rings. The lowest BCUT2D eigenvalue weighted by atomic mass is 10.1. The predicted molar refractivity (Wildman–Crippen MR) is 130 cm³/mol. The first-order valence-corrected chi connectivity index (χ1v) is 11.8. The zero-order chi connectivity index (χ0) is 25.8. The van der Waals surface area contributed by atoms with Gasteiger partial charge < -0.3 is 23.6 Å². The Bertz CT molecular complexity index is 1120. The number of hydrogen-bond acceptors (Lipinski definition) is 9. The van der Waals surface area contributed by atoms with Crippen molar-refractivity contribution in [3.63, 3.8) is 0 Å². The third kappa shape index (κ3) is 7.88. The molecule has 0 aliphatic carbocycles. The predicted octanol–water partition coefficient (Wildman–Crippen LogP) is 4.60. The monoisotopic (exact) mass is 499 g/mol. The number of halogens is 1. The first-order valence-electron chi connectivity index (χ1n) is 11.8. The van der Waals surface area contributed by atoms with Gasteiger partial charge in [0.15, 0.2) is 11.8 Å². The minimum absolute atomic E-state index is 0.0124. The minimum atomic E-state index is -0.663. The van der Waals surface area contributed by atoms with Gasteiger partial charge in [0.1, 0.15) is 24.8 Å². The molecule has 3 aromatic rings. The highest BCUT2D eigenvalue weighted by Gasteiger charge is 2.21. The topological polar surface area (TPSA) is 105 Å². The lowest BCUT2D eigenvalue weighted by Gasteiger charge is -2.15. The van der Waals surface area contributed by atoms with Gasteiger partial charge in [-0.15, -0.1) is 0 Å². The molecule has 1 heterocycles. The van der Waals surface area contributed by atoms with Crippen LogP contribution in [0.5, 0.6) is 5.75 Å². The summed E-state index contributed by atoms with van der Waals surface area (Å²) in [5.74, 6) is 0.266. The van der Waals surface area contributed by atoms with Crippen molar-refractivity contribution >= 4 is 11.7 Å². The van der Waals surface area contributed by atoms with Gasteiger partial charge >= 0.3 is 5.97 Å². The Labute approximate surface area is 209 Å². The fourth-order valence-electron chi connectivity index (χ4n) is 3.13. The van der Waals surface area contributed by atoms with Crippen molar-refractivity contribution in [2.24, 2.45) is 5.16 Å². The van der Waals surface area contributed by atoms with Crippen LogP contribution >= 0.6 is 0 Å². The van der Waals surface area contributed by atoms with Crippen LogP contribution in [0.2, 0.25) is 0 Å². The molecule has 10 heteroatoms. The second-order valence-electron chi connectivity index (χ2n) is 7.63. The maximum atomic E-state index is 13.2. The van der Waals surface area contributed by atoms with Crippen molar-refractivity contribution < 1.29 is 32.8 Å². The van der Waals surface area contributed by atoms with Crippen LogP contribution in [-0.4, -0.2) is 54.4 Å². The molecule has 36 heavy (non-hydrogen) atoms. The van der Waals surface area contributed by atoms with E-state index in [1.807, 2.05) is 26.0 Å². The van der Waals surface area contributed by atoms with Gasteiger partial charge in [0.2, 0.25) is 5.82 Å². The number of carbonyl (C=O) groups excluding carboxylic acids is 1. The molecular formula is C26H30FN3O6. The number of carbonyl (C=O) groups is 1. The van der Waals surface area contributed by atoms with Crippen LogP contribution in [0, 0.1) is 5.82 Å². The van der Waals surface area contributed by atoms with Gasteiger partial charge in [-0.2, -0.15) is 4.98 Å². The smallest absolute Gasteiger partial charge is 0.335 e. The summed E-state index contributed by atoms with van der Waals surface area (Å²) >= 11 is 0. The summed E-state index contributed by atoms with van der Waals surface area (Å²) in [7, 11) is 0. The fourth-order valence-corrected chi connectivity index (χ4v) is 3.13. The third-order valence-electron chi connectivity index (χ3n) is 4.88. The molecular weight excluding hydrogens is 469 g/mol. The van der Waals surface area contributed by atoms with Gasteiger partial charge in [0.05, 0.1) is 6.61 Å². The average Bonchev–Trinajstić information content (AvgIpc) is 3.37. The molecule has 192 valence electrons. The molecule has 0 radical (unpaired) electrons. The van der Waals surface area contributed by atoms with Gasteiger partial charge in [-0.3, -0.25) is 0 Å². The normalized spacial score (nSPS) is 12.3. The molecule has 0 N–H and O–H groups in total. The lowest BCUT2D eigenvalue weighted by molar-refractivity contribution is -0.156. The van der Waals surface area contributed by atoms with Gasteiger partial charge in [-0.25, -0.2) is 9.18 Å². The van der Waals surface area contributed by atoms with Gasteiger partial charge in [0, 0.05) is 18.6 Å². The van der Waals surface area contributed by atoms with Crippen LogP contribution in [0.1, 0.15) is 38.6 Å². The van der Waals surface area contributed by atoms with Crippen molar-refractivity contribution in [1.29, 1.82) is 0 Å². The number of nitrogens with zero attached hydrogens (tertiary/aromatic N) is 3. The largest absolute Gasteiger partial charge is 0.487 e. The van der Waals surface area contributed by atoms with Crippen LogP contribution in [0.4, 0.5) is 4.39 Å². The Hall–Kier alpha value is -3.79. The van der Waals surface area contributed by atoms with Crippen molar-refractivity contribution in [2.45, 2.75) is 39.7 Å². The maximum absolute atomic E-state index is 13.2. The molecule has 2 aromatic carbocycles. The van der Waals surface area contributed by atoms with E-state index in [0.717, 1.165) is 12.0 Å². The summed E-state index contributed by atoms with van der Waals surface area (Å²) in [6.07, 6.45) is 0.501. The van der Waals surface area contributed by atoms with E-state index in [4.69, 9.17) is 23.6 Å². The molecule has 0 aliphatic heterocycles. The molecule has 1 unspecified atom stereocenters. The van der Waals surface area contributed by atoms with Crippen molar-refractivity contribution in [2.75, 3.05) is 26.4 Å². The molecule has 0 fully saturated rings. The summed E-state index contributed by atoms with van der Waals surface area (Å²) in [4.78, 5) is 21.8. The molecule has 9 nitrogen and oxygen atoms in total. The quantitative estimate of drug-likeness (QED) is 0.137. The molecule has 3 rings (SSSR count). The van der Waals surface area contributed by atoms with Crippen LogP contribution in [0.3, 0.4) is 0 Å². The van der Waals surface area contributed by atoms with E-state index in [1.165, 1.54) is 12.1 Å². The Morgan fingerprint density at radius 2 is 1.81 bits per heavy atom. The Morgan fingerprint density at radius 1 is 1.06 bits per heavy atom. The molecule has 0 saturated heterocycles. The van der Waals surface area contributed by atoms with E-state index in [-0.39, 0.29) is 24.3 Å². The van der Waals surface area contributed by atoms with Gasteiger partial charge in [-0.05, 0) is 62.2 Å².